The molecular weight excluding hydrogens is 411 g/mol. The Morgan fingerprint density at radius 3 is 2.32 bits per heavy atom. The van der Waals surface area contributed by atoms with Crippen LogP contribution in [0.15, 0.2) is 48.5 Å². The molecule has 6 heteroatoms. The predicted molar refractivity (Wildman–Crippen MR) is 110 cm³/mol. The molecule has 0 saturated heterocycles. The molecule has 0 N–H and O–H groups in total. The van der Waals surface area contributed by atoms with Gasteiger partial charge in [0.05, 0.1) is 5.56 Å². The van der Waals surface area contributed by atoms with Crippen LogP contribution in [0.1, 0.15) is 36.5 Å². The van der Waals surface area contributed by atoms with E-state index >= 15 is 4.39 Å². The first-order valence-electron chi connectivity index (χ1n) is 10.3. The summed E-state index contributed by atoms with van der Waals surface area (Å²) in [6.45, 7) is 2.13. The highest BCUT2D eigenvalue weighted by Crippen LogP contribution is 2.40. The smallest absolute Gasteiger partial charge is 0.406 e. The lowest BCUT2D eigenvalue weighted by atomic mass is 9.82. The van der Waals surface area contributed by atoms with Gasteiger partial charge in [-0.05, 0) is 77.3 Å². The number of ether oxygens (including phenoxy) is 1. The second-order valence-corrected chi connectivity index (χ2v) is 7.74. The third kappa shape index (κ3) is 4.43. The number of halogens is 5. The highest BCUT2D eigenvalue weighted by Gasteiger charge is 2.31. The van der Waals surface area contributed by atoms with E-state index in [0.29, 0.717) is 24.0 Å². The highest BCUT2D eigenvalue weighted by molar-refractivity contribution is 5.78. The molecule has 3 aromatic rings. The monoisotopic (exact) mass is 432 g/mol. The minimum atomic E-state index is -4.83. The Morgan fingerprint density at radius 2 is 1.65 bits per heavy atom. The zero-order valence-corrected chi connectivity index (χ0v) is 17.0. The van der Waals surface area contributed by atoms with Crippen molar-refractivity contribution in [2.24, 2.45) is 0 Å². The fraction of sp³-hybridized carbons (Fsp3) is 0.280. The Bertz CT molecular complexity index is 1100. The Balaban J connectivity index is 1.70. The Kier molecular flexibility index (Phi) is 5.73. The molecule has 162 valence electrons. The van der Waals surface area contributed by atoms with E-state index in [0.717, 1.165) is 42.5 Å². The van der Waals surface area contributed by atoms with Gasteiger partial charge < -0.3 is 4.74 Å². The van der Waals surface area contributed by atoms with Crippen LogP contribution >= 0.6 is 0 Å². The van der Waals surface area contributed by atoms with Crippen molar-refractivity contribution in [3.63, 3.8) is 0 Å². The van der Waals surface area contributed by atoms with Gasteiger partial charge in [0.25, 0.3) is 0 Å². The van der Waals surface area contributed by atoms with E-state index in [4.69, 9.17) is 0 Å². The molecule has 0 aliphatic heterocycles. The molecule has 0 aromatic heterocycles. The van der Waals surface area contributed by atoms with Crippen molar-refractivity contribution in [2.75, 3.05) is 0 Å². The average Bonchev–Trinajstić information content (AvgIpc) is 2.72. The molecule has 0 heterocycles. The molecule has 0 unspecified atom stereocenters. The first-order chi connectivity index (χ1) is 14.8. The van der Waals surface area contributed by atoms with Gasteiger partial charge in [0.15, 0.2) is 0 Å². The lowest BCUT2D eigenvalue weighted by Gasteiger charge is -2.23. The SMILES string of the molecule is CCCCc1ccc2c(c1)CCc1c-2cc(F)c(-c2ccc(OC(F)(F)F)cc2)c1F. The van der Waals surface area contributed by atoms with E-state index in [1.54, 1.807) is 0 Å². The van der Waals surface area contributed by atoms with Crippen LogP contribution in [-0.2, 0) is 19.3 Å². The number of unbranched alkanes of at least 4 members (excludes halogenated alkanes) is 1. The normalized spacial score (nSPS) is 13.0. The fourth-order valence-electron chi connectivity index (χ4n) is 4.15. The van der Waals surface area contributed by atoms with E-state index in [9.17, 15) is 17.6 Å². The first kappa shape index (κ1) is 21.3. The number of benzene rings is 3. The molecule has 0 atom stereocenters. The zero-order valence-electron chi connectivity index (χ0n) is 17.0. The number of aryl methyl sites for hydroxylation is 2. The lowest BCUT2D eigenvalue weighted by Crippen LogP contribution is -2.17. The molecule has 0 radical (unpaired) electrons. The molecule has 31 heavy (non-hydrogen) atoms. The summed E-state index contributed by atoms with van der Waals surface area (Å²) in [6, 6.07) is 11.9. The summed E-state index contributed by atoms with van der Waals surface area (Å²) in [5.74, 6) is -1.85. The standard InChI is InChI=1S/C25H21F5O/c1-2-3-4-15-5-11-19-17(13-15)8-12-20-21(19)14-22(26)23(24(20)27)16-6-9-18(10-7-16)31-25(28,29)30/h5-7,9-11,13-14H,2-4,8,12H2,1H3. The summed E-state index contributed by atoms with van der Waals surface area (Å²) in [6.07, 6.45) is -0.562. The van der Waals surface area contributed by atoms with Crippen LogP contribution in [0.4, 0.5) is 22.0 Å². The molecule has 0 spiro atoms. The van der Waals surface area contributed by atoms with Gasteiger partial charge in [0, 0.05) is 0 Å². The second-order valence-electron chi connectivity index (χ2n) is 7.74. The maximum Gasteiger partial charge on any atom is 0.573 e. The van der Waals surface area contributed by atoms with Crippen LogP contribution in [0.25, 0.3) is 22.3 Å². The van der Waals surface area contributed by atoms with Gasteiger partial charge in [0.2, 0.25) is 0 Å². The predicted octanol–water partition coefficient (Wildman–Crippen LogP) is 7.64. The van der Waals surface area contributed by atoms with E-state index < -0.39 is 23.7 Å². The maximum absolute atomic E-state index is 15.4. The summed E-state index contributed by atoms with van der Waals surface area (Å²) in [4.78, 5) is 0. The van der Waals surface area contributed by atoms with Crippen LogP contribution in [-0.4, -0.2) is 6.36 Å². The van der Waals surface area contributed by atoms with Crippen LogP contribution in [0.3, 0.4) is 0 Å². The Hall–Kier alpha value is -2.89. The highest BCUT2D eigenvalue weighted by atomic mass is 19.4. The molecule has 0 saturated carbocycles. The third-order valence-electron chi connectivity index (χ3n) is 5.62. The quantitative estimate of drug-likeness (QED) is 0.377. The van der Waals surface area contributed by atoms with Crippen molar-refractivity contribution >= 4 is 0 Å². The van der Waals surface area contributed by atoms with Gasteiger partial charge in [0.1, 0.15) is 17.4 Å². The summed E-state index contributed by atoms with van der Waals surface area (Å²) in [7, 11) is 0. The summed E-state index contributed by atoms with van der Waals surface area (Å²) in [5, 5.41) is 0. The topological polar surface area (TPSA) is 9.23 Å². The first-order valence-corrected chi connectivity index (χ1v) is 10.3. The third-order valence-corrected chi connectivity index (χ3v) is 5.62. The van der Waals surface area contributed by atoms with Crippen molar-refractivity contribution in [3.05, 3.63) is 76.9 Å². The van der Waals surface area contributed by atoms with Crippen LogP contribution in [0.5, 0.6) is 5.75 Å². The summed E-state index contributed by atoms with van der Waals surface area (Å²) < 4.78 is 71.2. The number of hydrogen-bond donors (Lipinski definition) is 0. The zero-order chi connectivity index (χ0) is 22.2. The molecule has 4 rings (SSSR count). The Morgan fingerprint density at radius 1 is 0.903 bits per heavy atom. The maximum atomic E-state index is 15.4. The molecule has 0 bridgehead atoms. The van der Waals surface area contributed by atoms with Gasteiger partial charge in [-0.1, -0.05) is 43.7 Å². The minimum Gasteiger partial charge on any atom is -0.406 e. The fourth-order valence-corrected chi connectivity index (χ4v) is 4.15. The molecule has 3 aromatic carbocycles. The van der Waals surface area contributed by atoms with Gasteiger partial charge >= 0.3 is 6.36 Å². The molecule has 0 amide bonds. The molecule has 1 aliphatic rings. The largest absolute Gasteiger partial charge is 0.573 e. The van der Waals surface area contributed by atoms with E-state index in [1.165, 1.54) is 23.8 Å². The molecular formula is C25H21F5O. The van der Waals surface area contributed by atoms with Crippen LogP contribution in [0, 0.1) is 11.6 Å². The minimum absolute atomic E-state index is 0.160. The van der Waals surface area contributed by atoms with E-state index in [2.05, 4.69) is 17.7 Å². The molecule has 1 aliphatic carbocycles. The number of rotatable bonds is 5. The van der Waals surface area contributed by atoms with Crippen molar-refractivity contribution in [1.82, 2.24) is 0 Å². The van der Waals surface area contributed by atoms with Crippen molar-refractivity contribution in [3.8, 4) is 28.0 Å². The average molecular weight is 432 g/mol. The second kappa shape index (κ2) is 8.33. The lowest BCUT2D eigenvalue weighted by molar-refractivity contribution is -0.274. The number of hydrogen-bond acceptors (Lipinski definition) is 1. The van der Waals surface area contributed by atoms with Gasteiger partial charge in [-0.25, -0.2) is 8.78 Å². The summed E-state index contributed by atoms with van der Waals surface area (Å²) >= 11 is 0. The van der Waals surface area contributed by atoms with E-state index in [-0.39, 0.29) is 11.1 Å². The van der Waals surface area contributed by atoms with Crippen molar-refractivity contribution in [2.45, 2.75) is 45.4 Å². The van der Waals surface area contributed by atoms with Crippen LogP contribution < -0.4 is 4.74 Å². The molecule has 0 fully saturated rings. The van der Waals surface area contributed by atoms with E-state index in [1.807, 2.05) is 12.1 Å². The van der Waals surface area contributed by atoms with Gasteiger partial charge in [-0.3, -0.25) is 0 Å². The van der Waals surface area contributed by atoms with Gasteiger partial charge in [-0.2, -0.15) is 0 Å². The summed E-state index contributed by atoms with van der Waals surface area (Å²) in [5.41, 5.74) is 4.04. The van der Waals surface area contributed by atoms with Crippen molar-refractivity contribution in [1.29, 1.82) is 0 Å². The number of fused-ring (bicyclic) bond motifs is 3. The molecule has 1 nitrogen and oxygen atoms in total. The van der Waals surface area contributed by atoms with Gasteiger partial charge in [-0.15, -0.1) is 13.2 Å². The van der Waals surface area contributed by atoms with Crippen LogP contribution in [0.2, 0.25) is 0 Å². The van der Waals surface area contributed by atoms with Crippen molar-refractivity contribution < 1.29 is 26.7 Å². The number of alkyl halides is 3. The Labute approximate surface area is 177 Å².